The average Bonchev–Trinajstić information content (AvgIpc) is 2.87. The molecule has 0 saturated heterocycles. The molecule has 0 aromatic heterocycles. The van der Waals surface area contributed by atoms with Crippen LogP contribution in [0.2, 0.25) is 0 Å². The van der Waals surface area contributed by atoms with Gasteiger partial charge >= 0.3 is 11.9 Å². The van der Waals surface area contributed by atoms with E-state index >= 15 is 0 Å². The summed E-state index contributed by atoms with van der Waals surface area (Å²) in [6.07, 6.45) is 0. The monoisotopic (exact) mass is 477 g/mol. The maximum Gasteiger partial charge on any atom is 0.337 e. The highest BCUT2D eigenvalue weighted by Crippen LogP contribution is 2.24. The second-order valence-electron chi connectivity index (χ2n) is 7.60. The summed E-state index contributed by atoms with van der Waals surface area (Å²) in [4.78, 5) is 37.1. The van der Waals surface area contributed by atoms with Gasteiger partial charge in [0.05, 0.1) is 32.0 Å². The summed E-state index contributed by atoms with van der Waals surface area (Å²) in [5, 5.41) is 2.72. The van der Waals surface area contributed by atoms with Gasteiger partial charge in [-0.3, -0.25) is 4.79 Å². The first kappa shape index (κ1) is 25.3. The summed E-state index contributed by atoms with van der Waals surface area (Å²) in [6, 6.07) is 16.9. The van der Waals surface area contributed by atoms with Crippen molar-refractivity contribution >= 4 is 23.5 Å². The lowest BCUT2D eigenvalue weighted by Gasteiger charge is -2.14. The van der Waals surface area contributed by atoms with Crippen LogP contribution in [0.5, 0.6) is 11.5 Å². The lowest BCUT2D eigenvalue weighted by molar-refractivity contribution is 0.0599. The smallest absolute Gasteiger partial charge is 0.337 e. The Morgan fingerprint density at radius 3 is 2.09 bits per heavy atom. The van der Waals surface area contributed by atoms with E-state index in [9.17, 15) is 14.4 Å². The quantitative estimate of drug-likeness (QED) is 0.442. The van der Waals surface area contributed by atoms with E-state index < -0.39 is 17.8 Å². The third-order valence-corrected chi connectivity index (χ3v) is 5.04. The van der Waals surface area contributed by atoms with Gasteiger partial charge in [-0.25, -0.2) is 9.59 Å². The number of aryl methyl sites for hydroxylation is 1. The Kier molecular flexibility index (Phi) is 8.45. The number of rotatable bonds is 9. The molecular weight excluding hydrogens is 450 g/mol. The van der Waals surface area contributed by atoms with E-state index in [4.69, 9.17) is 18.9 Å². The molecule has 0 spiro atoms. The third-order valence-electron chi connectivity index (χ3n) is 5.04. The molecule has 0 aliphatic carbocycles. The lowest BCUT2D eigenvalue weighted by atomic mass is 10.1. The van der Waals surface area contributed by atoms with Gasteiger partial charge in [0.25, 0.3) is 5.91 Å². The number of methoxy groups -OCH3 is 2. The molecule has 0 radical (unpaired) electrons. The van der Waals surface area contributed by atoms with Gasteiger partial charge in [0, 0.05) is 16.8 Å². The Bertz CT molecular complexity index is 1200. The number of carbonyl (C=O) groups is 3. The maximum atomic E-state index is 13.0. The molecule has 0 aliphatic heterocycles. The maximum absolute atomic E-state index is 13.0. The topological polar surface area (TPSA) is 100 Å². The Hall–Kier alpha value is -4.33. The fourth-order valence-corrected chi connectivity index (χ4v) is 3.37. The van der Waals surface area contributed by atoms with Crippen molar-refractivity contribution in [3.63, 3.8) is 0 Å². The second kappa shape index (κ2) is 11.7. The summed E-state index contributed by atoms with van der Waals surface area (Å²) in [6.45, 7) is 4.51. The van der Waals surface area contributed by atoms with Gasteiger partial charge in [-0.1, -0.05) is 12.1 Å². The van der Waals surface area contributed by atoms with E-state index in [1.807, 2.05) is 38.1 Å². The molecule has 0 heterocycles. The second-order valence-corrected chi connectivity index (χ2v) is 7.60. The molecule has 8 nitrogen and oxygen atoms in total. The average molecular weight is 478 g/mol. The lowest BCUT2D eigenvalue weighted by Crippen LogP contribution is -2.15. The normalized spacial score (nSPS) is 10.3. The van der Waals surface area contributed by atoms with Crippen molar-refractivity contribution < 1.29 is 33.3 Å². The van der Waals surface area contributed by atoms with Crippen LogP contribution in [0, 0.1) is 6.92 Å². The molecule has 8 heteroatoms. The predicted octanol–water partition coefficient (Wildman–Crippen LogP) is 4.80. The molecule has 0 fully saturated rings. The molecule has 0 bridgehead atoms. The molecule has 0 aliphatic rings. The van der Waals surface area contributed by atoms with Crippen LogP contribution in [0.1, 0.15) is 49.1 Å². The fraction of sp³-hybridized carbons (Fsp3) is 0.222. The summed E-state index contributed by atoms with van der Waals surface area (Å²) >= 11 is 0. The number of nitrogens with one attached hydrogen (secondary N) is 1. The van der Waals surface area contributed by atoms with Crippen LogP contribution < -0.4 is 14.8 Å². The molecule has 0 unspecified atom stereocenters. The van der Waals surface area contributed by atoms with E-state index in [2.05, 4.69) is 5.32 Å². The van der Waals surface area contributed by atoms with Crippen LogP contribution in [0.4, 0.5) is 5.69 Å². The molecule has 1 N–H and O–H groups in total. The van der Waals surface area contributed by atoms with Gasteiger partial charge in [0.1, 0.15) is 18.1 Å². The van der Waals surface area contributed by atoms with Gasteiger partial charge in [0.15, 0.2) is 0 Å². The van der Waals surface area contributed by atoms with E-state index in [1.54, 1.807) is 18.2 Å². The van der Waals surface area contributed by atoms with Crippen molar-refractivity contribution in [1.29, 1.82) is 0 Å². The van der Waals surface area contributed by atoms with Crippen molar-refractivity contribution in [3.8, 4) is 11.5 Å². The third kappa shape index (κ3) is 6.60. The Balaban J connectivity index is 1.86. The highest BCUT2D eigenvalue weighted by Gasteiger charge is 2.17. The van der Waals surface area contributed by atoms with Crippen LogP contribution in [0.15, 0.2) is 60.7 Å². The Morgan fingerprint density at radius 1 is 0.800 bits per heavy atom. The van der Waals surface area contributed by atoms with Gasteiger partial charge in [-0.15, -0.1) is 0 Å². The fourth-order valence-electron chi connectivity index (χ4n) is 3.37. The predicted molar refractivity (Wildman–Crippen MR) is 130 cm³/mol. The zero-order valence-corrected chi connectivity index (χ0v) is 20.0. The molecule has 3 aromatic carbocycles. The largest absolute Gasteiger partial charge is 0.493 e. The first-order valence-electron chi connectivity index (χ1n) is 10.9. The van der Waals surface area contributed by atoms with E-state index in [-0.39, 0.29) is 23.4 Å². The summed E-state index contributed by atoms with van der Waals surface area (Å²) in [5.74, 6) is -0.428. The summed E-state index contributed by atoms with van der Waals surface area (Å²) in [5.41, 5.74) is 2.55. The van der Waals surface area contributed by atoms with Crippen LogP contribution in [-0.4, -0.2) is 38.7 Å². The van der Waals surface area contributed by atoms with Crippen LogP contribution in [0.3, 0.4) is 0 Å². The number of benzene rings is 3. The number of esters is 2. The standard InChI is InChI=1S/C27H27NO7/c1-5-34-24-10-9-18(12-21(24)16-35-23-8-6-7-17(2)11-23)25(29)28-22-14-19(26(30)32-3)13-20(15-22)27(31)33-4/h6-15H,5,16H2,1-4H3,(H,28,29). The highest BCUT2D eigenvalue weighted by molar-refractivity contribution is 6.06. The van der Waals surface area contributed by atoms with Crippen molar-refractivity contribution in [1.82, 2.24) is 0 Å². The number of carbonyl (C=O) groups excluding carboxylic acids is 3. The van der Waals surface area contributed by atoms with Crippen LogP contribution in [0.25, 0.3) is 0 Å². The number of hydrogen-bond acceptors (Lipinski definition) is 7. The molecule has 3 aromatic rings. The van der Waals surface area contributed by atoms with Crippen molar-refractivity contribution in [2.24, 2.45) is 0 Å². The van der Waals surface area contributed by atoms with E-state index in [1.165, 1.54) is 32.4 Å². The molecule has 182 valence electrons. The van der Waals surface area contributed by atoms with Gasteiger partial charge in [0.2, 0.25) is 0 Å². The molecule has 35 heavy (non-hydrogen) atoms. The molecule has 0 saturated carbocycles. The zero-order chi connectivity index (χ0) is 25.4. The van der Waals surface area contributed by atoms with Gasteiger partial charge in [-0.2, -0.15) is 0 Å². The number of anilines is 1. The van der Waals surface area contributed by atoms with E-state index in [0.29, 0.717) is 29.2 Å². The highest BCUT2D eigenvalue weighted by atomic mass is 16.5. The van der Waals surface area contributed by atoms with Crippen LogP contribution in [-0.2, 0) is 16.1 Å². The minimum Gasteiger partial charge on any atom is -0.493 e. The SMILES string of the molecule is CCOc1ccc(C(=O)Nc2cc(C(=O)OC)cc(C(=O)OC)c2)cc1COc1cccc(C)c1. The van der Waals surface area contributed by atoms with Crippen molar-refractivity contribution in [2.75, 3.05) is 26.1 Å². The summed E-state index contributed by atoms with van der Waals surface area (Å²) < 4.78 is 21.1. The summed E-state index contributed by atoms with van der Waals surface area (Å²) in [7, 11) is 2.46. The van der Waals surface area contributed by atoms with Gasteiger partial charge in [-0.05, 0) is 67.9 Å². The minimum absolute atomic E-state index is 0.102. The Morgan fingerprint density at radius 2 is 1.49 bits per heavy atom. The zero-order valence-electron chi connectivity index (χ0n) is 20.0. The van der Waals surface area contributed by atoms with Crippen LogP contribution >= 0.6 is 0 Å². The molecule has 1 amide bonds. The number of ether oxygens (including phenoxy) is 4. The Labute approximate surface area is 203 Å². The van der Waals surface area contributed by atoms with Crippen molar-refractivity contribution in [2.45, 2.75) is 20.5 Å². The van der Waals surface area contributed by atoms with Crippen molar-refractivity contribution in [3.05, 3.63) is 88.5 Å². The number of hydrogen-bond donors (Lipinski definition) is 1. The molecule has 0 atom stereocenters. The molecule has 3 rings (SSSR count). The minimum atomic E-state index is -0.650. The first-order valence-corrected chi connectivity index (χ1v) is 10.9. The number of amides is 1. The van der Waals surface area contributed by atoms with Gasteiger partial charge < -0.3 is 24.3 Å². The van der Waals surface area contributed by atoms with E-state index in [0.717, 1.165) is 5.56 Å². The molecular formula is C27H27NO7. The first-order chi connectivity index (χ1) is 16.8.